The number of rotatable bonds is 3. The largest absolute Gasteiger partial charge is 0.464 e. The van der Waals surface area contributed by atoms with Crippen LogP contribution in [0.1, 0.15) is 31.4 Å². The molecule has 0 bridgehead atoms. The Labute approximate surface area is 84.2 Å². The highest BCUT2D eigenvalue weighted by Gasteiger charge is 2.09. The minimum Gasteiger partial charge on any atom is -0.464 e. The fourth-order valence-electron chi connectivity index (χ4n) is 1.20. The first-order chi connectivity index (χ1) is 6.63. The molecule has 0 aliphatic rings. The van der Waals surface area contributed by atoms with E-state index in [9.17, 15) is 0 Å². The molecule has 14 heavy (non-hydrogen) atoms. The van der Waals surface area contributed by atoms with Crippen LogP contribution in [0.15, 0.2) is 21.5 Å². The molecule has 0 spiro atoms. The van der Waals surface area contributed by atoms with Crippen molar-refractivity contribution in [2.24, 2.45) is 10.7 Å². The molecule has 78 valence electrons. The summed E-state index contributed by atoms with van der Waals surface area (Å²) < 4.78 is 5.45. The molecule has 0 aromatic carbocycles. The van der Waals surface area contributed by atoms with Gasteiger partial charge in [0.15, 0.2) is 5.96 Å². The third kappa shape index (κ3) is 2.80. The summed E-state index contributed by atoms with van der Waals surface area (Å²) in [4.78, 5) is 4.04. The predicted molar refractivity (Wildman–Crippen MR) is 57.2 cm³/mol. The van der Waals surface area contributed by atoms with Crippen molar-refractivity contribution in [3.8, 4) is 0 Å². The molecule has 1 aromatic heterocycles. The van der Waals surface area contributed by atoms with Crippen molar-refractivity contribution in [3.63, 3.8) is 0 Å². The fourth-order valence-corrected chi connectivity index (χ4v) is 1.20. The minimum absolute atomic E-state index is 0.0546. The Bertz CT molecular complexity index is 317. The molecule has 0 radical (unpaired) electrons. The molecular weight excluding hydrogens is 178 g/mol. The van der Waals surface area contributed by atoms with Gasteiger partial charge in [-0.2, -0.15) is 0 Å². The van der Waals surface area contributed by atoms with Crippen LogP contribution in [0.25, 0.3) is 0 Å². The van der Waals surface area contributed by atoms with Crippen LogP contribution in [0, 0.1) is 6.92 Å². The lowest BCUT2D eigenvalue weighted by Crippen LogP contribution is -2.33. The summed E-state index contributed by atoms with van der Waals surface area (Å²) >= 11 is 0. The average Bonchev–Trinajstić information content (AvgIpc) is 2.52. The van der Waals surface area contributed by atoms with Crippen molar-refractivity contribution in [2.75, 3.05) is 6.54 Å². The Morgan fingerprint density at radius 3 is 2.86 bits per heavy atom. The zero-order chi connectivity index (χ0) is 10.6. The number of hydrogen-bond donors (Lipinski definition) is 2. The highest BCUT2D eigenvalue weighted by Crippen LogP contribution is 2.14. The molecule has 4 nitrogen and oxygen atoms in total. The number of aryl methyl sites for hydroxylation is 1. The van der Waals surface area contributed by atoms with Gasteiger partial charge < -0.3 is 15.5 Å². The van der Waals surface area contributed by atoms with E-state index in [4.69, 9.17) is 10.2 Å². The lowest BCUT2D eigenvalue weighted by atomic mass is 10.2. The van der Waals surface area contributed by atoms with Crippen LogP contribution in [0.2, 0.25) is 0 Å². The van der Waals surface area contributed by atoms with E-state index in [0.29, 0.717) is 12.5 Å². The average molecular weight is 195 g/mol. The van der Waals surface area contributed by atoms with Crippen molar-refractivity contribution >= 4 is 5.96 Å². The molecule has 1 atom stereocenters. The van der Waals surface area contributed by atoms with Crippen molar-refractivity contribution in [1.29, 1.82) is 0 Å². The first-order valence-electron chi connectivity index (χ1n) is 4.76. The van der Waals surface area contributed by atoms with Gasteiger partial charge in [0, 0.05) is 6.54 Å². The molecule has 1 heterocycles. The van der Waals surface area contributed by atoms with E-state index in [1.54, 1.807) is 0 Å². The van der Waals surface area contributed by atoms with Crippen LogP contribution < -0.4 is 11.1 Å². The molecule has 1 rings (SSSR count). The van der Waals surface area contributed by atoms with Crippen LogP contribution in [0.3, 0.4) is 0 Å². The number of nitrogens with zero attached hydrogens (tertiary/aromatic N) is 1. The maximum absolute atomic E-state index is 5.63. The summed E-state index contributed by atoms with van der Waals surface area (Å²) in [6, 6.07) is 3.92. The van der Waals surface area contributed by atoms with Crippen LogP contribution in [-0.4, -0.2) is 12.5 Å². The highest BCUT2D eigenvalue weighted by molar-refractivity contribution is 5.78. The predicted octanol–water partition coefficient (Wildman–Crippen LogP) is 1.57. The van der Waals surface area contributed by atoms with E-state index in [1.165, 1.54) is 0 Å². The van der Waals surface area contributed by atoms with Crippen LogP contribution in [-0.2, 0) is 0 Å². The minimum atomic E-state index is 0.0546. The van der Waals surface area contributed by atoms with Crippen molar-refractivity contribution < 1.29 is 4.42 Å². The number of aliphatic imine (C=N–C) groups is 1. The van der Waals surface area contributed by atoms with Crippen molar-refractivity contribution in [2.45, 2.75) is 26.8 Å². The fraction of sp³-hybridized carbons (Fsp3) is 0.500. The molecule has 0 saturated heterocycles. The summed E-state index contributed by atoms with van der Waals surface area (Å²) in [6.07, 6.45) is 0. The third-order valence-electron chi connectivity index (χ3n) is 1.88. The van der Waals surface area contributed by atoms with Gasteiger partial charge in [0.05, 0.1) is 6.04 Å². The highest BCUT2D eigenvalue weighted by atomic mass is 16.3. The first kappa shape index (κ1) is 10.6. The number of hydrogen-bond acceptors (Lipinski definition) is 2. The zero-order valence-electron chi connectivity index (χ0n) is 8.87. The molecule has 1 unspecified atom stereocenters. The van der Waals surface area contributed by atoms with E-state index in [1.807, 2.05) is 32.9 Å². The molecule has 0 amide bonds. The monoisotopic (exact) mass is 195 g/mol. The number of guanidine groups is 1. The second-order valence-electron chi connectivity index (χ2n) is 3.17. The lowest BCUT2D eigenvalue weighted by molar-refractivity contribution is 0.442. The molecular formula is C10H17N3O. The van der Waals surface area contributed by atoms with Gasteiger partial charge >= 0.3 is 0 Å². The third-order valence-corrected chi connectivity index (χ3v) is 1.88. The van der Waals surface area contributed by atoms with E-state index >= 15 is 0 Å². The smallest absolute Gasteiger partial charge is 0.189 e. The zero-order valence-corrected chi connectivity index (χ0v) is 8.87. The molecule has 4 heteroatoms. The normalized spacial score (nSPS) is 14.1. The summed E-state index contributed by atoms with van der Waals surface area (Å²) in [6.45, 7) is 6.52. The number of nitrogens with one attached hydrogen (secondary N) is 1. The van der Waals surface area contributed by atoms with Gasteiger partial charge in [-0.25, -0.2) is 0 Å². The molecule has 1 aromatic rings. The SMILES string of the molecule is CCN=C(N)NC(C)c1ccc(C)o1. The number of furan rings is 1. The Kier molecular flexibility index (Phi) is 3.56. The first-order valence-corrected chi connectivity index (χ1v) is 4.76. The maximum atomic E-state index is 5.63. The standard InChI is InChI=1S/C10H17N3O/c1-4-12-10(11)13-8(3)9-6-5-7(2)14-9/h5-6,8H,4H2,1-3H3,(H3,11,12,13). The van der Waals surface area contributed by atoms with Crippen LogP contribution in [0.5, 0.6) is 0 Å². The Morgan fingerprint density at radius 2 is 2.36 bits per heavy atom. The molecule has 0 fully saturated rings. The second-order valence-corrected chi connectivity index (χ2v) is 3.17. The van der Waals surface area contributed by atoms with Crippen molar-refractivity contribution in [3.05, 3.63) is 23.7 Å². The summed E-state index contributed by atoms with van der Waals surface area (Å²) in [5, 5.41) is 3.04. The summed E-state index contributed by atoms with van der Waals surface area (Å²) in [5.41, 5.74) is 5.63. The van der Waals surface area contributed by atoms with Gasteiger partial charge in [-0.05, 0) is 32.9 Å². The quantitative estimate of drug-likeness (QED) is 0.568. The molecule has 0 aliphatic heterocycles. The van der Waals surface area contributed by atoms with E-state index in [0.717, 1.165) is 11.5 Å². The Balaban J connectivity index is 2.58. The lowest BCUT2D eigenvalue weighted by Gasteiger charge is -2.11. The van der Waals surface area contributed by atoms with Gasteiger partial charge in [-0.1, -0.05) is 0 Å². The van der Waals surface area contributed by atoms with E-state index in [2.05, 4.69) is 10.3 Å². The van der Waals surface area contributed by atoms with E-state index in [-0.39, 0.29) is 6.04 Å². The van der Waals surface area contributed by atoms with Gasteiger partial charge in [0.1, 0.15) is 11.5 Å². The van der Waals surface area contributed by atoms with Gasteiger partial charge in [-0.15, -0.1) is 0 Å². The van der Waals surface area contributed by atoms with Crippen LogP contribution >= 0.6 is 0 Å². The Morgan fingerprint density at radius 1 is 1.64 bits per heavy atom. The second kappa shape index (κ2) is 4.69. The molecule has 3 N–H and O–H groups in total. The molecule has 0 aliphatic carbocycles. The summed E-state index contributed by atoms with van der Waals surface area (Å²) in [5.74, 6) is 2.23. The maximum Gasteiger partial charge on any atom is 0.189 e. The van der Waals surface area contributed by atoms with Gasteiger partial charge in [-0.3, -0.25) is 4.99 Å². The van der Waals surface area contributed by atoms with Gasteiger partial charge in [0.2, 0.25) is 0 Å². The van der Waals surface area contributed by atoms with Crippen molar-refractivity contribution in [1.82, 2.24) is 5.32 Å². The van der Waals surface area contributed by atoms with E-state index < -0.39 is 0 Å². The Hall–Kier alpha value is -1.45. The summed E-state index contributed by atoms with van der Waals surface area (Å²) in [7, 11) is 0. The van der Waals surface area contributed by atoms with Crippen LogP contribution in [0.4, 0.5) is 0 Å². The topological polar surface area (TPSA) is 63.5 Å². The number of nitrogens with two attached hydrogens (primary N) is 1. The van der Waals surface area contributed by atoms with Gasteiger partial charge in [0.25, 0.3) is 0 Å². The molecule has 0 saturated carbocycles.